The first-order valence-corrected chi connectivity index (χ1v) is 6.81. The van der Waals surface area contributed by atoms with Crippen molar-refractivity contribution >= 4 is 11.6 Å². The van der Waals surface area contributed by atoms with Gasteiger partial charge in [0.1, 0.15) is 11.6 Å². The highest BCUT2D eigenvalue weighted by molar-refractivity contribution is 6.30. The van der Waals surface area contributed by atoms with Crippen molar-refractivity contribution in [3.05, 3.63) is 70.2 Å². The van der Waals surface area contributed by atoms with Gasteiger partial charge >= 0.3 is 0 Å². The average molecular weight is 313 g/mol. The summed E-state index contributed by atoms with van der Waals surface area (Å²) < 4.78 is 27.5. The molecule has 0 atom stereocenters. The Morgan fingerprint density at radius 2 is 1.62 bits per heavy atom. The van der Waals surface area contributed by atoms with Gasteiger partial charge in [-0.2, -0.15) is 0 Å². The highest BCUT2D eigenvalue weighted by Crippen LogP contribution is 2.31. The van der Waals surface area contributed by atoms with E-state index in [1.54, 1.807) is 12.1 Å². The lowest BCUT2D eigenvalue weighted by molar-refractivity contribution is 0.113. The van der Waals surface area contributed by atoms with Crippen LogP contribution in [0.1, 0.15) is 11.1 Å². The van der Waals surface area contributed by atoms with Gasteiger partial charge in [-0.05, 0) is 35.7 Å². The van der Waals surface area contributed by atoms with Gasteiger partial charge in [-0.25, -0.2) is 8.78 Å². The summed E-state index contributed by atoms with van der Waals surface area (Å²) in [5.41, 5.74) is -0.500. The lowest BCUT2D eigenvalue weighted by atomic mass is 9.76. The van der Waals surface area contributed by atoms with Gasteiger partial charge in [-0.15, -0.1) is 0 Å². The van der Waals surface area contributed by atoms with Crippen molar-refractivity contribution < 1.29 is 19.0 Å². The number of hydrogen-bond acceptors (Lipinski definition) is 2. The minimum Gasteiger partial charge on any atom is -0.395 e. The predicted molar refractivity (Wildman–Crippen MR) is 77.4 cm³/mol. The summed E-state index contributed by atoms with van der Waals surface area (Å²) in [5.74, 6) is -1.11. The molecular formula is C16H15ClF2O2. The van der Waals surface area contributed by atoms with Crippen molar-refractivity contribution in [3.8, 4) is 0 Å². The number of aliphatic hydroxyl groups excluding tert-OH is 2. The second-order valence-corrected chi connectivity index (χ2v) is 5.41. The van der Waals surface area contributed by atoms with Crippen LogP contribution in [-0.2, 0) is 11.8 Å². The van der Waals surface area contributed by atoms with E-state index in [2.05, 4.69) is 0 Å². The molecule has 2 nitrogen and oxygen atoms in total. The van der Waals surface area contributed by atoms with Crippen LogP contribution in [0.5, 0.6) is 0 Å². The first kappa shape index (κ1) is 15.9. The van der Waals surface area contributed by atoms with Gasteiger partial charge in [0.05, 0.1) is 18.2 Å². The first-order valence-electron chi connectivity index (χ1n) is 6.43. The maximum atomic E-state index is 14.0. The number of hydrogen-bond donors (Lipinski definition) is 2. The van der Waals surface area contributed by atoms with E-state index in [9.17, 15) is 19.0 Å². The minimum absolute atomic E-state index is 0.0109. The molecule has 0 aliphatic carbocycles. The Bertz CT molecular complexity index is 627. The minimum atomic E-state index is -1.22. The van der Waals surface area contributed by atoms with Crippen molar-refractivity contribution in [2.45, 2.75) is 11.8 Å². The molecule has 0 saturated carbocycles. The fourth-order valence-corrected chi connectivity index (χ4v) is 2.48. The van der Waals surface area contributed by atoms with Gasteiger partial charge in [-0.3, -0.25) is 0 Å². The first-order chi connectivity index (χ1) is 10.0. The Labute approximate surface area is 126 Å². The van der Waals surface area contributed by atoms with Gasteiger partial charge in [0.25, 0.3) is 0 Å². The van der Waals surface area contributed by atoms with E-state index in [0.29, 0.717) is 5.56 Å². The third kappa shape index (κ3) is 3.23. The van der Waals surface area contributed by atoms with Crippen molar-refractivity contribution in [2.24, 2.45) is 0 Å². The number of halogens is 3. The predicted octanol–water partition coefficient (Wildman–Crippen LogP) is 3.08. The summed E-state index contributed by atoms with van der Waals surface area (Å²) in [6.45, 7) is -0.927. The van der Waals surface area contributed by atoms with Crippen LogP contribution in [-0.4, -0.2) is 23.4 Å². The van der Waals surface area contributed by atoms with Gasteiger partial charge in [0, 0.05) is 5.41 Å². The van der Waals surface area contributed by atoms with Crippen molar-refractivity contribution in [3.63, 3.8) is 0 Å². The zero-order valence-corrected chi connectivity index (χ0v) is 11.9. The van der Waals surface area contributed by atoms with Gasteiger partial charge in [-0.1, -0.05) is 35.9 Å². The molecular weight excluding hydrogens is 298 g/mol. The Hall–Kier alpha value is -1.49. The average Bonchev–Trinajstić information content (AvgIpc) is 2.49. The smallest absolute Gasteiger partial charge is 0.142 e. The second kappa shape index (κ2) is 6.52. The maximum absolute atomic E-state index is 14.0. The molecule has 0 amide bonds. The topological polar surface area (TPSA) is 40.5 Å². The van der Waals surface area contributed by atoms with E-state index in [4.69, 9.17) is 11.6 Å². The second-order valence-electron chi connectivity index (χ2n) is 5.00. The third-order valence-corrected chi connectivity index (χ3v) is 3.88. The molecule has 0 aliphatic rings. The number of rotatable bonds is 5. The van der Waals surface area contributed by atoms with Crippen LogP contribution in [0.3, 0.4) is 0 Å². The zero-order chi connectivity index (χ0) is 15.5. The van der Waals surface area contributed by atoms with Crippen LogP contribution in [0.25, 0.3) is 0 Å². The maximum Gasteiger partial charge on any atom is 0.142 e. The van der Waals surface area contributed by atoms with Crippen molar-refractivity contribution in [2.75, 3.05) is 13.2 Å². The van der Waals surface area contributed by atoms with Crippen molar-refractivity contribution in [1.82, 2.24) is 0 Å². The molecule has 0 saturated heterocycles. The summed E-state index contributed by atoms with van der Waals surface area (Å²) in [4.78, 5) is 0. The summed E-state index contributed by atoms with van der Waals surface area (Å²) in [6.07, 6.45) is 0.0923. The summed E-state index contributed by atoms with van der Waals surface area (Å²) in [5, 5.41) is 19.4. The van der Waals surface area contributed by atoms with E-state index >= 15 is 0 Å². The molecule has 21 heavy (non-hydrogen) atoms. The quantitative estimate of drug-likeness (QED) is 0.891. The van der Waals surface area contributed by atoms with Crippen LogP contribution in [0, 0.1) is 11.6 Å². The van der Waals surface area contributed by atoms with E-state index < -0.39 is 30.3 Å². The van der Waals surface area contributed by atoms with Crippen molar-refractivity contribution in [1.29, 1.82) is 0 Å². The SMILES string of the molecule is OCC(CO)(Cc1ccc(Cl)c(F)c1)c1ccccc1F. The molecule has 2 aromatic rings. The molecule has 0 heterocycles. The lowest BCUT2D eigenvalue weighted by Crippen LogP contribution is -2.38. The van der Waals surface area contributed by atoms with E-state index in [0.717, 1.165) is 0 Å². The highest BCUT2D eigenvalue weighted by atomic mass is 35.5. The Morgan fingerprint density at radius 3 is 2.19 bits per heavy atom. The fraction of sp³-hybridized carbons (Fsp3) is 0.250. The van der Waals surface area contributed by atoms with Gasteiger partial charge < -0.3 is 10.2 Å². The van der Waals surface area contributed by atoms with Crippen LogP contribution in [0.2, 0.25) is 5.02 Å². The molecule has 0 spiro atoms. The monoisotopic (exact) mass is 312 g/mol. The molecule has 2 rings (SSSR count). The molecule has 0 unspecified atom stereocenters. The molecule has 2 N–H and O–H groups in total. The number of aliphatic hydroxyl groups is 2. The molecule has 0 aromatic heterocycles. The lowest BCUT2D eigenvalue weighted by Gasteiger charge is -2.31. The van der Waals surface area contributed by atoms with Crippen LogP contribution >= 0.6 is 11.6 Å². The van der Waals surface area contributed by atoms with Crippen LogP contribution in [0.4, 0.5) is 8.78 Å². The molecule has 0 fully saturated rings. The normalized spacial score (nSPS) is 11.7. The Balaban J connectivity index is 2.43. The summed E-state index contributed by atoms with van der Waals surface area (Å²) in [7, 11) is 0. The van der Waals surface area contributed by atoms with Gasteiger partial charge in [0.15, 0.2) is 0 Å². The standard InChI is InChI=1S/C16H15ClF2O2/c17-13-6-5-11(7-15(13)19)8-16(9-20,10-21)12-3-1-2-4-14(12)18/h1-7,20-21H,8-10H2. The Morgan fingerprint density at radius 1 is 0.952 bits per heavy atom. The van der Waals surface area contributed by atoms with E-state index in [1.807, 2.05) is 0 Å². The molecule has 0 aliphatic heterocycles. The fourth-order valence-electron chi connectivity index (χ4n) is 2.36. The molecule has 0 radical (unpaired) electrons. The highest BCUT2D eigenvalue weighted by Gasteiger charge is 2.34. The van der Waals surface area contributed by atoms with E-state index in [1.165, 1.54) is 30.3 Å². The van der Waals surface area contributed by atoms with Crippen LogP contribution in [0.15, 0.2) is 42.5 Å². The summed E-state index contributed by atoms with van der Waals surface area (Å²) in [6, 6.07) is 10.1. The van der Waals surface area contributed by atoms with Gasteiger partial charge in [0.2, 0.25) is 0 Å². The summed E-state index contributed by atoms with van der Waals surface area (Å²) >= 11 is 5.63. The molecule has 2 aromatic carbocycles. The molecule has 0 bridgehead atoms. The third-order valence-electron chi connectivity index (χ3n) is 3.58. The zero-order valence-electron chi connectivity index (χ0n) is 11.2. The molecule has 112 valence electrons. The largest absolute Gasteiger partial charge is 0.395 e. The number of benzene rings is 2. The van der Waals surface area contributed by atoms with E-state index in [-0.39, 0.29) is 17.0 Å². The Kier molecular flexibility index (Phi) is 4.93. The van der Waals surface area contributed by atoms with Crippen LogP contribution < -0.4 is 0 Å². The molecule has 5 heteroatoms.